The summed E-state index contributed by atoms with van der Waals surface area (Å²) in [5.74, 6) is -0.366. The number of carbonyl (C=O) groups is 2. The van der Waals surface area contributed by atoms with Gasteiger partial charge in [-0.3, -0.25) is 14.5 Å². The van der Waals surface area contributed by atoms with Gasteiger partial charge in [-0.15, -0.1) is 5.10 Å². The minimum absolute atomic E-state index is 0.181. The molecule has 0 bridgehead atoms. The van der Waals surface area contributed by atoms with Crippen molar-refractivity contribution in [3.05, 3.63) is 64.6 Å². The number of anilines is 1. The molecule has 2 amide bonds. The molecular formula is C22H26N4O3S. The van der Waals surface area contributed by atoms with E-state index in [1.807, 2.05) is 52.8 Å². The smallest absolute Gasteiger partial charge is 0.280 e. The molecule has 0 saturated carbocycles. The van der Waals surface area contributed by atoms with E-state index in [0.29, 0.717) is 11.4 Å². The van der Waals surface area contributed by atoms with Crippen molar-refractivity contribution in [2.45, 2.75) is 52.6 Å². The maximum Gasteiger partial charge on any atom is 0.280 e. The van der Waals surface area contributed by atoms with Crippen molar-refractivity contribution in [2.24, 2.45) is 0 Å². The van der Waals surface area contributed by atoms with Gasteiger partial charge in [0.05, 0.1) is 6.26 Å². The van der Waals surface area contributed by atoms with Gasteiger partial charge in [0.2, 0.25) is 0 Å². The van der Waals surface area contributed by atoms with Crippen LogP contribution < -0.4 is 10.2 Å². The third-order valence-electron chi connectivity index (χ3n) is 5.30. The Morgan fingerprint density at radius 2 is 2.00 bits per heavy atom. The van der Waals surface area contributed by atoms with Gasteiger partial charge in [0, 0.05) is 16.6 Å². The molecule has 1 atom stereocenters. The van der Waals surface area contributed by atoms with Crippen LogP contribution in [0.2, 0.25) is 0 Å². The summed E-state index contributed by atoms with van der Waals surface area (Å²) in [4.78, 5) is 28.5. The lowest BCUT2D eigenvalue weighted by molar-refractivity contribution is -0.124. The Kier molecular flexibility index (Phi) is 6.36. The van der Waals surface area contributed by atoms with Gasteiger partial charge in [0.25, 0.3) is 11.8 Å². The quantitative estimate of drug-likeness (QED) is 0.603. The molecule has 7 nitrogen and oxygen atoms in total. The second-order valence-electron chi connectivity index (χ2n) is 7.83. The number of aromatic nitrogens is 2. The SMILES string of the molecule is CCC(C)(C)NC(=O)[C@H](c1ccco1)N(C(=O)c1csnn1)c1cccc(C)c1C. The number of amides is 2. The van der Waals surface area contributed by atoms with Crippen molar-refractivity contribution in [1.29, 1.82) is 0 Å². The van der Waals surface area contributed by atoms with Gasteiger partial charge in [-0.05, 0) is 75.0 Å². The predicted octanol–water partition coefficient (Wildman–Crippen LogP) is 4.44. The van der Waals surface area contributed by atoms with E-state index in [4.69, 9.17) is 4.42 Å². The first-order chi connectivity index (χ1) is 14.2. The van der Waals surface area contributed by atoms with Crippen LogP contribution in [0.1, 0.15) is 60.6 Å². The highest BCUT2D eigenvalue weighted by atomic mass is 32.1. The highest BCUT2D eigenvalue weighted by molar-refractivity contribution is 7.03. The Hall–Kier alpha value is -3.00. The maximum atomic E-state index is 13.6. The summed E-state index contributed by atoms with van der Waals surface area (Å²) < 4.78 is 9.44. The van der Waals surface area contributed by atoms with Crippen LogP contribution in [-0.2, 0) is 4.79 Å². The zero-order chi connectivity index (χ0) is 21.9. The second-order valence-corrected chi connectivity index (χ2v) is 8.44. The number of benzene rings is 1. The average molecular weight is 427 g/mol. The lowest BCUT2D eigenvalue weighted by Gasteiger charge is -2.33. The van der Waals surface area contributed by atoms with Crippen molar-refractivity contribution in [2.75, 3.05) is 4.90 Å². The van der Waals surface area contributed by atoms with Crippen molar-refractivity contribution < 1.29 is 14.0 Å². The van der Waals surface area contributed by atoms with Gasteiger partial charge in [-0.2, -0.15) is 0 Å². The van der Waals surface area contributed by atoms with E-state index in [-0.39, 0.29) is 11.6 Å². The highest BCUT2D eigenvalue weighted by Gasteiger charge is 2.38. The zero-order valence-corrected chi connectivity index (χ0v) is 18.6. The van der Waals surface area contributed by atoms with Crippen LogP contribution in [-0.4, -0.2) is 26.9 Å². The molecule has 3 aromatic rings. The van der Waals surface area contributed by atoms with Crippen LogP contribution >= 0.6 is 11.5 Å². The van der Waals surface area contributed by atoms with Crippen LogP contribution in [0.15, 0.2) is 46.4 Å². The van der Waals surface area contributed by atoms with Gasteiger partial charge in [0.15, 0.2) is 11.7 Å². The Bertz CT molecular complexity index is 1010. The molecule has 8 heteroatoms. The summed E-state index contributed by atoms with van der Waals surface area (Å²) >= 11 is 1.09. The summed E-state index contributed by atoms with van der Waals surface area (Å²) in [5.41, 5.74) is 2.27. The molecule has 1 N–H and O–H groups in total. The van der Waals surface area contributed by atoms with Crippen molar-refractivity contribution >= 4 is 29.0 Å². The molecule has 0 aliphatic rings. The van der Waals surface area contributed by atoms with Crippen LogP contribution in [0.4, 0.5) is 5.69 Å². The zero-order valence-electron chi connectivity index (χ0n) is 17.8. The summed E-state index contributed by atoms with van der Waals surface area (Å²) in [7, 11) is 0. The fourth-order valence-corrected chi connectivity index (χ4v) is 3.48. The largest absolute Gasteiger partial charge is 0.467 e. The number of nitrogens with zero attached hydrogens (tertiary/aromatic N) is 3. The number of rotatable bonds is 7. The molecule has 2 aromatic heterocycles. The minimum atomic E-state index is -1.000. The molecule has 0 unspecified atom stereocenters. The van der Waals surface area contributed by atoms with E-state index < -0.39 is 17.5 Å². The molecular weight excluding hydrogens is 400 g/mol. The van der Waals surface area contributed by atoms with Crippen molar-refractivity contribution in [3.63, 3.8) is 0 Å². The number of carbonyl (C=O) groups excluding carboxylic acids is 2. The van der Waals surface area contributed by atoms with E-state index in [2.05, 4.69) is 14.9 Å². The minimum Gasteiger partial charge on any atom is -0.467 e. The lowest BCUT2D eigenvalue weighted by Crippen LogP contribution is -2.50. The first-order valence-corrected chi connectivity index (χ1v) is 10.6. The van der Waals surface area contributed by atoms with Gasteiger partial charge >= 0.3 is 0 Å². The van der Waals surface area contributed by atoms with Crippen LogP contribution in [0.3, 0.4) is 0 Å². The topological polar surface area (TPSA) is 88.3 Å². The Morgan fingerprint density at radius 1 is 1.23 bits per heavy atom. The lowest BCUT2D eigenvalue weighted by atomic mass is 9.99. The van der Waals surface area contributed by atoms with Crippen molar-refractivity contribution in [3.8, 4) is 0 Å². The average Bonchev–Trinajstić information content (AvgIpc) is 3.42. The van der Waals surface area contributed by atoms with Gasteiger partial charge in [0.1, 0.15) is 5.76 Å². The van der Waals surface area contributed by atoms with Gasteiger partial charge in [-0.1, -0.05) is 23.5 Å². The third kappa shape index (κ3) is 4.43. The van der Waals surface area contributed by atoms with E-state index in [1.54, 1.807) is 17.5 Å². The number of hydrogen-bond acceptors (Lipinski definition) is 6. The molecule has 0 fully saturated rings. The summed E-state index contributed by atoms with van der Waals surface area (Å²) in [6.07, 6.45) is 2.23. The fourth-order valence-electron chi connectivity index (χ4n) is 3.05. The molecule has 0 radical (unpaired) electrons. The number of nitrogens with one attached hydrogen (secondary N) is 1. The highest BCUT2D eigenvalue weighted by Crippen LogP contribution is 2.33. The molecule has 3 rings (SSSR count). The molecule has 158 valence electrons. The molecule has 0 spiro atoms. The van der Waals surface area contributed by atoms with Gasteiger partial charge in [-0.25, -0.2) is 0 Å². The van der Waals surface area contributed by atoms with Crippen LogP contribution in [0.5, 0.6) is 0 Å². The van der Waals surface area contributed by atoms with Crippen LogP contribution in [0, 0.1) is 13.8 Å². The fraction of sp³-hybridized carbons (Fsp3) is 0.364. The summed E-state index contributed by atoms with van der Waals surface area (Å²) in [6.45, 7) is 9.78. The third-order valence-corrected chi connectivity index (χ3v) is 5.80. The van der Waals surface area contributed by atoms with E-state index in [9.17, 15) is 9.59 Å². The van der Waals surface area contributed by atoms with Crippen LogP contribution in [0.25, 0.3) is 0 Å². The van der Waals surface area contributed by atoms with Gasteiger partial charge < -0.3 is 9.73 Å². The predicted molar refractivity (Wildman–Crippen MR) is 117 cm³/mol. The second kappa shape index (κ2) is 8.79. The molecule has 0 saturated heterocycles. The maximum absolute atomic E-state index is 13.6. The molecule has 1 aromatic carbocycles. The number of aryl methyl sites for hydroxylation is 1. The normalized spacial score (nSPS) is 12.4. The van der Waals surface area contributed by atoms with E-state index >= 15 is 0 Å². The number of hydrogen-bond donors (Lipinski definition) is 1. The first kappa shape index (κ1) is 21.7. The molecule has 2 heterocycles. The Labute approximate surface area is 180 Å². The van der Waals surface area contributed by atoms with Crippen molar-refractivity contribution in [1.82, 2.24) is 14.9 Å². The summed E-state index contributed by atoms with van der Waals surface area (Å²) in [6, 6.07) is 8.07. The standard InChI is InChI=1S/C22H26N4O3S/c1-6-22(4,5)23-20(27)19(18-11-8-12-29-18)26(21(28)16-13-30-25-24-16)17-10-7-9-14(2)15(17)3/h7-13,19H,6H2,1-5H3,(H,23,27)/t19-/m0/s1. The molecule has 0 aliphatic carbocycles. The van der Waals surface area contributed by atoms with E-state index in [0.717, 1.165) is 29.1 Å². The molecule has 0 aliphatic heterocycles. The Balaban J connectivity index is 2.17. The van der Waals surface area contributed by atoms with E-state index in [1.165, 1.54) is 11.2 Å². The monoisotopic (exact) mass is 426 g/mol. The first-order valence-electron chi connectivity index (χ1n) is 9.77. The number of furan rings is 1. The summed E-state index contributed by atoms with van der Waals surface area (Å²) in [5, 5.41) is 8.57. The Morgan fingerprint density at radius 3 is 2.60 bits per heavy atom. The molecule has 30 heavy (non-hydrogen) atoms.